The van der Waals surface area contributed by atoms with Gasteiger partial charge < -0.3 is 8.80 Å². The number of hydrogen-bond acceptors (Lipinski definition) is 0. The number of rotatable bonds is 5. The Balaban J connectivity index is 0.994. The molecule has 0 radical (unpaired) electrons. The number of nitrogens with zero attached hydrogens (tertiary/aromatic N) is 2. The molecule has 4 heterocycles. The maximum absolute atomic E-state index is 2.63. The summed E-state index contributed by atoms with van der Waals surface area (Å²) in [6.45, 7) is 2.45. The van der Waals surface area contributed by atoms with Gasteiger partial charge in [0.1, 0.15) is 0 Å². The molecule has 0 spiro atoms. The maximum atomic E-state index is 2.63. The van der Waals surface area contributed by atoms with E-state index in [0.717, 1.165) is 12.8 Å². The molecule has 2 heteroatoms. The molecule has 0 bridgehead atoms. The van der Waals surface area contributed by atoms with Crippen molar-refractivity contribution < 1.29 is 0 Å². The van der Waals surface area contributed by atoms with E-state index in [4.69, 9.17) is 0 Å². The van der Waals surface area contributed by atoms with Crippen molar-refractivity contribution in [1.82, 2.24) is 8.80 Å². The van der Waals surface area contributed by atoms with Crippen molar-refractivity contribution in [1.29, 1.82) is 0 Å². The highest BCUT2D eigenvalue weighted by molar-refractivity contribution is 6.27. The van der Waals surface area contributed by atoms with Crippen LogP contribution in [-0.4, -0.2) is 8.80 Å². The number of benzene rings is 11. The van der Waals surface area contributed by atoms with Gasteiger partial charge in [0.15, 0.2) is 0 Å². The van der Waals surface area contributed by atoms with E-state index in [1.165, 1.54) is 159 Å². The molecule has 18 rings (SSSR count). The highest BCUT2D eigenvalue weighted by Crippen LogP contribution is 2.61. The smallest absolute Gasteiger partial charge is 0.0676 e. The lowest BCUT2D eigenvalue weighted by Crippen LogP contribution is -2.30. The molecule has 0 saturated carbocycles. The minimum absolute atomic E-state index is 0.0482. The zero-order valence-corrected chi connectivity index (χ0v) is 43.1. The number of hydrogen-bond donors (Lipinski definition) is 0. The van der Waals surface area contributed by atoms with Crippen LogP contribution in [0.15, 0.2) is 248 Å². The predicted molar refractivity (Wildman–Crippen MR) is 329 cm³/mol. The molecule has 0 aliphatic heterocycles. The lowest BCUT2D eigenvalue weighted by molar-refractivity contribution is 0.622. The van der Waals surface area contributed by atoms with Gasteiger partial charge in [0.25, 0.3) is 0 Å². The molecule has 364 valence electrons. The fourth-order valence-corrected chi connectivity index (χ4v) is 15.9. The number of allylic oxidation sites excluding steroid dienone is 5. The summed E-state index contributed by atoms with van der Waals surface area (Å²) >= 11 is 0. The van der Waals surface area contributed by atoms with E-state index in [1.807, 2.05) is 0 Å². The van der Waals surface area contributed by atoms with Crippen LogP contribution < -0.4 is 0 Å². The molecule has 3 aliphatic rings. The van der Waals surface area contributed by atoms with Crippen LogP contribution in [0.4, 0.5) is 0 Å². The highest BCUT2D eigenvalue weighted by Gasteiger charge is 2.48. The summed E-state index contributed by atoms with van der Waals surface area (Å²) in [6, 6.07) is 83.7. The molecule has 0 fully saturated rings. The van der Waals surface area contributed by atoms with E-state index in [0.29, 0.717) is 0 Å². The van der Waals surface area contributed by atoms with E-state index >= 15 is 0 Å². The maximum Gasteiger partial charge on any atom is 0.0676 e. The zero-order valence-electron chi connectivity index (χ0n) is 43.1. The van der Waals surface area contributed by atoms with E-state index in [2.05, 4.69) is 264 Å². The second-order valence-corrected chi connectivity index (χ2v) is 22.5. The van der Waals surface area contributed by atoms with Crippen molar-refractivity contribution in [2.24, 2.45) is 5.92 Å². The van der Waals surface area contributed by atoms with E-state index in [1.54, 1.807) is 0 Å². The predicted octanol–water partition coefficient (Wildman–Crippen LogP) is 19.9. The van der Waals surface area contributed by atoms with E-state index < -0.39 is 5.41 Å². The summed E-state index contributed by atoms with van der Waals surface area (Å²) in [5.74, 6) is 0.254. The monoisotopic (exact) mass is 990 g/mol. The molecule has 2 nitrogen and oxygen atoms in total. The molecule has 15 aromatic rings. The van der Waals surface area contributed by atoms with E-state index in [-0.39, 0.29) is 11.8 Å². The molecule has 0 saturated heterocycles. The second kappa shape index (κ2) is 15.6. The molecular formula is C76H50N2. The van der Waals surface area contributed by atoms with Crippen molar-refractivity contribution in [3.8, 4) is 33.4 Å². The summed E-state index contributed by atoms with van der Waals surface area (Å²) in [7, 11) is 0. The molecular weight excluding hydrogens is 941 g/mol. The third-order valence-electron chi connectivity index (χ3n) is 18.9. The van der Waals surface area contributed by atoms with Crippen LogP contribution in [0.1, 0.15) is 59.1 Å². The van der Waals surface area contributed by atoms with Crippen molar-refractivity contribution in [3.63, 3.8) is 0 Å². The third kappa shape index (κ3) is 5.28. The molecule has 0 N–H and O–H groups in total. The Morgan fingerprint density at radius 3 is 1.68 bits per heavy atom. The Bertz CT molecular complexity index is 5170. The van der Waals surface area contributed by atoms with Crippen molar-refractivity contribution >= 4 is 93.0 Å². The number of aromatic nitrogens is 2. The van der Waals surface area contributed by atoms with Gasteiger partial charge in [-0.05, 0) is 109 Å². The number of para-hydroxylation sites is 6. The molecule has 11 aromatic carbocycles. The summed E-state index contributed by atoms with van der Waals surface area (Å²) in [5.41, 5.74) is 24.6. The van der Waals surface area contributed by atoms with Crippen molar-refractivity contribution in [3.05, 3.63) is 282 Å². The van der Waals surface area contributed by atoms with Crippen LogP contribution in [0.5, 0.6) is 0 Å². The average Bonchev–Trinajstić information content (AvgIpc) is 4.37. The van der Waals surface area contributed by atoms with Crippen LogP contribution in [-0.2, 0) is 5.41 Å². The first-order chi connectivity index (χ1) is 38.7. The summed E-state index contributed by atoms with van der Waals surface area (Å²) in [6.07, 6.45) is 14.1. The average molecular weight is 991 g/mol. The Morgan fingerprint density at radius 2 is 0.949 bits per heavy atom. The minimum atomic E-state index is -0.453. The fraction of sp³-hybridized carbons (Fsp3) is 0.0789. The first-order valence-corrected chi connectivity index (χ1v) is 27.9. The van der Waals surface area contributed by atoms with Gasteiger partial charge in [-0.15, -0.1) is 0 Å². The Morgan fingerprint density at radius 1 is 0.410 bits per heavy atom. The van der Waals surface area contributed by atoms with Gasteiger partial charge >= 0.3 is 0 Å². The largest absolute Gasteiger partial charge is 0.308 e. The van der Waals surface area contributed by atoms with Crippen LogP contribution in [0.25, 0.3) is 126 Å². The Labute approximate surface area is 451 Å². The van der Waals surface area contributed by atoms with Gasteiger partial charge in [-0.1, -0.05) is 243 Å². The molecule has 3 atom stereocenters. The Kier molecular flexibility index (Phi) is 8.52. The lowest BCUT2D eigenvalue weighted by atomic mass is 9.65. The van der Waals surface area contributed by atoms with Crippen LogP contribution in [0, 0.1) is 5.92 Å². The SMILES string of the molecule is CC1C=Cc2c(cc3c(-c4cccc5c6cccc7c8ccccc8n(c45)c76)cccc3c2-c2cccc3c2-c2ccccc2C3(C2=CC=CCC2)c2ccccc2)C1c1cccc2c3cccc4c5ccccc5n(c12)c43. The van der Waals surface area contributed by atoms with Crippen molar-refractivity contribution in [2.75, 3.05) is 0 Å². The van der Waals surface area contributed by atoms with Crippen LogP contribution in [0.3, 0.4) is 0 Å². The number of fused-ring (bicyclic) bond motifs is 17. The highest BCUT2D eigenvalue weighted by atomic mass is 14.9. The molecule has 3 unspecified atom stereocenters. The van der Waals surface area contributed by atoms with Crippen LogP contribution >= 0.6 is 0 Å². The van der Waals surface area contributed by atoms with Gasteiger partial charge in [-0.2, -0.15) is 0 Å². The van der Waals surface area contributed by atoms with Gasteiger partial charge in [0.2, 0.25) is 0 Å². The van der Waals surface area contributed by atoms with Gasteiger partial charge in [0, 0.05) is 54.6 Å². The summed E-state index contributed by atoms with van der Waals surface area (Å²) in [5, 5.41) is 13.0. The Hall–Kier alpha value is -9.50. The first kappa shape index (κ1) is 42.7. The van der Waals surface area contributed by atoms with Gasteiger partial charge in [-0.3, -0.25) is 0 Å². The van der Waals surface area contributed by atoms with Crippen LogP contribution in [0.2, 0.25) is 0 Å². The minimum Gasteiger partial charge on any atom is -0.308 e. The quantitative estimate of drug-likeness (QED) is 0.162. The summed E-state index contributed by atoms with van der Waals surface area (Å²) in [4.78, 5) is 0. The molecule has 0 amide bonds. The zero-order chi connectivity index (χ0) is 51.0. The standard InChI is InChI=1S/C76H50N2/c1-45-42-43-52-64(69(45)62-37-18-35-59-58-34-17-31-55-50-25-10-13-41-68(50)78(74(55)58)75(59)62)44-63-48(53-29-15-32-56-57-33-16-30-54-49-24-9-12-40-67(49)77(72(53)56)73(54)57)27-14-28-51(63)70(52)61-36-19-39-66-71(61)60-26-8-11-38-65(60)76(66,46-20-4-2-5-21-46)47-22-6-3-7-23-47/h2-6,8-22,24-45,69H,7,23H2,1H3. The third-order valence-corrected chi connectivity index (χ3v) is 18.9. The first-order valence-electron chi connectivity index (χ1n) is 27.9. The normalized spacial score (nSPS) is 18.0. The fourth-order valence-electron chi connectivity index (χ4n) is 15.9. The van der Waals surface area contributed by atoms with Crippen molar-refractivity contribution in [2.45, 2.75) is 31.1 Å². The van der Waals surface area contributed by atoms with Gasteiger partial charge in [-0.25, -0.2) is 0 Å². The topological polar surface area (TPSA) is 8.82 Å². The van der Waals surface area contributed by atoms with Gasteiger partial charge in [0.05, 0.1) is 38.5 Å². The lowest BCUT2D eigenvalue weighted by Gasteiger charge is -2.37. The molecule has 78 heavy (non-hydrogen) atoms. The van der Waals surface area contributed by atoms with E-state index in [9.17, 15) is 0 Å². The second-order valence-electron chi connectivity index (χ2n) is 22.5. The summed E-state index contributed by atoms with van der Waals surface area (Å²) < 4.78 is 5.18. The molecule has 4 aromatic heterocycles. The molecule has 3 aliphatic carbocycles.